The number of nitrogens with one attached hydrogen (secondary N) is 1. The van der Waals surface area contributed by atoms with E-state index < -0.39 is 0 Å². The molecule has 220 valence electrons. The molecule has 11 heteroatoms. The molecule has 3 N–H and O–H groups in total. The lowest BCUT2D eigenvalue weighted by Crippen LogP contribution is -2.22. The van der Waals surface area contributed by atoms with E-state index in [0.29, 0.717) is 39.9 Å². The molecule has 3 aromatic carbocycles. The number of nitrogens with zero attached hydrogens (tertiary/aromatic N) is 6. The van der Waals surface area contributed by atoms with Crippen molar-refractivity contribution in [2.75, 3.05) is 23.0 Å². The van der Waals surface area contributed by atoms with Crippen molar-refractivity contribution in [2.45, 2.75) is 27.3 Å². The first-order valence-corrected chi connectivity index (χ1v) is 13.9. The van der Waals surface area contributed by atoms with Crippen molar-refractivity contribution in [3.8, 4) is 11.3 Å². The minimum atomic E-state index is -0.281. The van der Waals surface area contributed by atoms with Gasteiger partial charge >= 0.3 is 6.01 Å². The number of allylic oxidation sites excluding steroid dienone is 1. The van der Waals surface area contributed by atoms with Crippen LogP contribution in [0.1, 0.15) is 34.0 Å². The standard InChI is InChI=1S/C33H30N8O3/c1-19-9-7-10-22(25(19)17-42)14-24(40(4)27-11-6-5-8-20(27)2)16-41-32-29(31(34)35-18-36-32)30(39-41)23-12-13-28-26(15-23)38-33(44-28)37-21(3)43/h5-15,17-18H,16H2,1-4H3,(H2,34,35,36)(H,37,38,43)/b24-14-. The van der Waals surface area contributed by atoms with E-state index in [4.69, 9.17) is 15.2 Å². The number of nitrogen functional groups attached to an aromatic ring is 1. The number of aromatic nitrogens is 5. The van der Waals surface area contributed by atoms with E-state index in [1.807, 2.05) is 62.5 Å². The minimum absolute atomic E-state index is 0.114. The van der Waals surface area contributed by atoms with E-state index in [9.17, 15) is 9.59 Å². The highest BCUT2D eigenvalue weighted by Gasteiger charge is 2.21. The Bertz CT molecular complexity index is 2090. The van der Waals surface area contributed by atoms with Crippen LogP contribution in [0.2, 0.25) is 0 Å². The third-order valence-electron chi connectivity index (χ3n) is 7.52. The second kappa shape index (κ2) is 11.4. The second-order valence-electron chi connectivity index (χ2n) is 10.5. The zero-order valence-corrected chi connectivity index (χ0v) is 24.7. The number of hydrogen-bond acceptors (Lipinski definition) is 9. The Morgan fingerprint density at radius 2 is 1.86 bits per heavy atom. The average Bonchev–Trinajstić information content (AvgIpc) is 3.57. The summed E-state index contributed by atoms with van der Waals surface area (Å²) in [7, 11) is 1.99. The number of carbonyl (C=O) groups excluding carboxylic acids is 2. The van der Waals surface area contributed by atoms with E-state index in [2.05, 4.69) is 44.2 Å². The molecule has 3 heterocycles. The number of carbonyl (C=O) groups is 2. The Kier molecular flexibility index (Phi) is 7.36. The molecule has 6 aromatic rings. The molecule has 0 aliphatic heterocycles. The molecule has 0 unspecified atom stereocenters. The highest BCUT2D eigenvalue weighted by atomic mass is 16.4. The lowest BCUT2D eigenvalue weighted by Gasteiger charge is -2.25. The number of anilines is 3. The van der Waals surface area contributed by atoms with Crippen LogP contribution in [0.15, 0.2) is 77.1 Å². The van der Waals surface area contributed by atoms with Crippen molar-refractivity contribution in [1.29, 1.82) is 0 Å². The van der Waals surface area contributed by atoms with Crippen LogP contribution in [0.3, 0.4) is 0 Å². The van der Waals surface area contributed by atoms with Crippen molar-refractivity contribution >= 4 is 57.9 Å². The van der Waals surface area contributed by atoms with Gasteiger partial charge in [-0.05, 0) is 60.9 Å². The fourth-order valence-corrected chi connectivity index (χ4v) is 5.29. The summed E-state index contributed by atoms with van der Waals surface area (Å²) < 4.78 is 7.43. The number of benzene rings is 3. The maximum absolute atomic E-state index is 12.1. The maximum atomic E-state index is 12.1. The number of aldehydes is 1. The SMILES string of the molecule is CC(=O)Nc1nc2cc(-c3nn(C/C(=C/c4cccc(C)c4C=O)N(C)c4ccccc4C)c4ncnc(N)c34)ccc2o1. The first-order valence-electron chi connectivity index (χ1n) is 13.9. The Labute approximate surface area is 253 Å². The number of rotatable bonds is 8. The summed E-state index contributed by atoms with van der Waals surface area (Å²) in [5, 5.41) is 8.16. The van der Waals surface area contributed by atoms with E-state index in [0.717, 1.165) is 39.9 Å². The Balaban J connectivity index is 1.50. The second-order valence-corrected chi connectivity index (χ2v) is 10.5. The van der Waals surface area contributed by atoms with E-state index in [1.54, 1.807) is 10.7 Å². The van der Waals surface area contributed by atoms with Gasteiger partial charge in [-0.25, -0.2) is 14.6 Å². The molecule has 0 aliphatic rings. The Morgan fingerprint density at radius 1 is 1.07 bits per heavy atom. The van der Waals surface area contributed by atoms with Gasteiger partial charge in [0.15, 0.2) is 17.5 Å². The molecule has 11 nitrogen and oxygen atoms in total. The lowest BCUT2D eigenvalue weighted by atomic mass is 10.0. The molecule has 44 heavy (non-hydrogen) atoms. The van der Waals surface area contributed by atoms with Crippen LogP contribution in [0, 0.1) is 13.8 Å². The van der Waals surface area contributed by atoms with Gasteiger partial charge in [-0.1, -0.05) is 36.4 Å². The third-order valence-corrected chi connectivity index (χ3v) is 7.52. The smallest absolute Gasteiger partial charge is 0.302 e. The molecule has 3 aromatic heterocycles. The Hall–Kier alpha value is -5.84. The van der Waals surface area contributed by atoms with Gasteiger partial charge in [0.25, 0.3) is 0 Å². The lowest BCUT2D eigenvalue weighted by molar-refractivity contribution is -0.114. The molecule has 6 rings (SSSR count). The molecule has 0 aliphatic carbocycles. The highest BCUT2D eigenvalue weighted by Crippen LogP contribution is 2.34. The van der Waals surface area contributed by atoms with Crippen LogP contribution in [0.5, 0.6) is 0 Å². The zero-order valence-electron chi connectivity index (χ0n) is 24.7. The van der Waals surface area contributed by atoms with Crippen LogP contribution >= 0.6 is 0 Å². The topological polar surface area (TPSA) is 145 Å². The maximum Gasteiger partial charge on any atom is 0.302 e. The quantitative estimate of drug-likeness (QED) is 0.212. The van der Waals surface area contributed by atoms with Gasteiger partial charge in [-0.15, -0.1) is 0 Å². The van der Waals surface area contributed by atoms with Crippen LogP contribution in [-0.4, -0.2) is 44.0 Å². The molecule has 0 saturated carbocycles. The predicted octanol–water partition coefficient (Wildman–Crippen LogP) is 5.78. The van der Waals surface area contributed by atoms with Crippen molar-refractivity contribution < 1.29 is 14.0 Å². The monoisotopic (exact) mass is 586 g/mol. The number of amides is 1. The largest absolute Gasteiger partial charge is 0.423 e. The van der Waals surface area contributed by atoms with Gasteiger partial charge in [0.1, 0.15) is 23.4 Å². The number of fused-ring (bicyclic) bond motifs is 2. The van der Waals surface area contributed by atoms with Crippen molar-refractivity contribution in [1.82, 2.24) is 24.7 Å². The van der Waals surface area contributed by atoms with Crippen LogP contribution < -0.4 is 16.0 Å². The first kappa shape index (κ1) is 28.3. The first-order chi connectivity index (χ1) is 21.2. The van der Waals surface area contributed by atoms with Crippen LogP contribution in [-0.2, 0) is 11.3 Å². The fourth-order valence-electron chi connectivity index (χ4n) is 5.29. The van der Waals surface area contributed by atoms with Gasteiger partial charge in [0.2, 0.25) is 5.91 Å². The van der Waals surface area contributed by atoms with Crippen molar-refractivity contribution in [3.63, 3.8) is 0 Å². The number of aryl methyl sites for hydroxylation is 2. The van der Waals surface area contributed by atoms with Gasteiger partial charge in [-0.2, -0.15) is 10.1 Å². The average molecular weight is 587 g/mol. The summed E-state index contributed by atoms with van der Waals surface area (Å²) in [6.07, 6.45) is 4.31. The minimum Gasteiger partial charge on any atom is -0.423 e. The summed E-state index contributed by atoms with van der Waals surface area (Å²) >= 11 is 0. The van der Waals surface area contributed by atoms with E-state index in [-0.39, 0.29) is 17.7 Å². The van der Waals surface area contributed by atoms with Gasteiger partial charge in [0, 0.05) is 36.5 Å². The molecule has 0 radical (unpaired) electrons. The van der Waals surface area contributed by atoms with Gasteiger partial charge < -0.3 is 15.1 Å². The molecule has 0 fully saturated rings. The van der Waals surface area contributed by atoms with Crippen molar-refractivity contribution in [2.24, 2.45) is 0 Å². The van der Waals surface area contributed by atoms with E-state index >= 15 is 0 Å². The summed E-state index contributed by atoms with van der Waals surface area (Å²) in [6, 6.07) is 19.4. The predicted molar refractivity (Wildman–Crippen MR) is 171 cm³/mol. The molecule has 1 amide bonds. The summed E-state index contributed by atoms with van der Waals surface area (Å²) in [5.41, 5.74) is 14.6. The Morgan fingerprint density at radius 3 is 2.64 bits per heavy atom. The summed E-state index contributed by atoms with van der Waals surface area (Å²) in [5.74, 6) is 0.00652. The molecule has 0 atom stereocenters. The third kappa shape index (κ3) is 5.26. The number of likely N-dealkylation sites (N-methyl/N-ethyl adjacent to an activating group) is 1. The number of oxazole rings is 1. The van der Waals surface area contributed by atoms with Gasteiger partial charge in [0.05, 0.1) is 11.9 Å². The molecular weight excluding hydrogens is 556 g/mol. The number of nitrogens with two attached hydrogens (primary N) is 1. The number of hydrogen-bond donors (Lipinski definition) is 2. The molecule has 0 bridgehead atoms. The van der Waals surface area contributed by atoms with Crippen LogP contribution in [0.25, 0.3) is 39.5 Å². The zero-order chi connectivity index (χ0) is 31.0. The van der Waals surface area contributed by atoms with Crippen molar-refractivity contribution in [3.05, 3.63) is 94.9 Å². The van der Waals surface area contributed by atoms with Gasteiger partial charge in [-0.3, -0.25) is 14.9 Å². The van der Waals surface area contributed by atoms with E-state index in [1.165, 1.54) is 13.3 Å². The normalized spacial score (nSPS) is 11.7. The van der Waals surface area contributed by atoms with Crippen LogP contribution in [0.4, 0.5) is 17.5 Å². The summed E-state index contributed by atoms with van der Waals surface area (Å²) in [6.45, 7) is 5.67. The highest BCUT2D eigenvalue weighted by molar-refractivity contribution is 5.99. The molecule has 0 saturated heterocycles. The molecular formula is C33H30N8O3. The summed E-state index contributed by atoms with van der Waals surface area (Å²) in [4.78, 5) is 38.9. The molecule has 0 spiro atoms. The number of para-hydroxylation sites is 1. The fraction of sp³-hybridized carbons (Fsp3) is 0.152.